The summed E-state index contributed by atoms with van der Waals surface area (Å²) < 4.78 is 0. The van der Waals surface area contributed by atoms with Crippen LogP contribution in [-0.4, -0.2) is 54.5 Å². The second kappa shape index (κ2) is 7.98. The van der Waals surface area contributed by atoms with Crippen LogP contribution in [0.3, 0.4) is 0 Å². The van der Waals surface area contributed by atoms with Gasteiger partial charge in [-0.1, -0.05) is 31.5 Å². The van der Waals surface area contributed by atoms with Crippen molar-refractivity contribution in [2.45, 2.75) is 45.1 Å². The van der Waals surface area contributed by atoms with Gasteiger partial charge in [-0.2, -0.15) is 0 Å². The number of nitrogens with zero attached hydrogens (tertiary/aromatic N) is 2. The minimum atomic E-state index is -0.992. The first kappa shape index (κ1) is 19.2. The molecular weight excluding hydrogens is 344 g/mol. The van der Waals surface area contributed by atoms with Crippen molar-refractivity contribution in [3.8, 4) is 0 Å². The van der Waals surface area contributed by atoms with E-state index in [4.69, 9.17) is 0 Å². The van der Waals surface area contributed by atoms with Gasteiger partial charge in [0.15, 0.2) is 0 Å². The normalized spacial score (nSPS) is 22.6. The van der Waals surface area contributed by atoms with Gasteiger partial charge in [0.1, 0.15) is 5.54 Å². The molecule has 1 aromatic rings. The SMILES string of the molecule is CCCc1ccccc1N1CCN(C(=O)CCC2(C)NC(=O)NC2=O)CC1. The molecule has 0 saturated carbocycles. The molecule has 0 bridgehead atoms. The van der Waals surface area contributed by atoms with Gasteiger partial charge in [-0.3, -0.25) is 14.9 Å². The fourth-order valence-corrected chi connectivity index (χ4v) is 3.77. The number of nitrogens with one attached hydrogen (secondary N) is 2. The lowest BCUT2D eigenvalue weighted by Crippen LogP contribution is -2.50. The molecule has 1 aromatic carbocycles. The van der Waals surface area contributed by atoms with Gasteiger partial charge in [0.05, 0.1) is 0 Å². The third kappa shape index (κ3) is 4.23. The van der Waals surface area contributed by atoms with Gasteiger partial charge >= 0.3 is 6.03 Å². The zero-order valence-corrected chi connectivity index (χ0v) is 16.1. The van der Waals surface area contributed by atoms with Crippen molar-refractivity contribution in [2.75, 3.05) is 31.1 Å². The number of imide groups is 1. The van der Waals surface area contributed by atoms with Crippen LogP contribution in [0.5, 0.6) is 0 Å². The molecule has 27 heavy (non-hydrogen) atoms. The molecule has 2 heterocycles. The summed E-state index contributed by atoms with van der Waals surface area (Å²) in [6.07, 6.45) is 2.72. The van der Waals surface area contributed by atoms with Gasteiger partial charge in [0.2, 0.25) is 5.91 Å². The quantitative estimate of drug-likeness (QED) is 0.744. The predicted octanol–water partition coefficient (Wildman–Crippen LogP) is 1.67. The third-order valence-electron chi connectivity index (χ3n) is 5.44. The Morgan fingerprint density at radius 1 is 1.15 bits per heavy atom. The van der Waals surface area contributed by atoms with Crippen LogP contribution in [0.1, 0.15) is 38.7 Å². The first-order valence-corrected chi connectivity index (χ1v) is 9.67. The molecule has 2 N–H and O–H groups in total. The summed E-state index contributed by atoms with van der Waals surface area (Å²) in [4.78, 5) is 39.9. The number of anilines is 1. The molecule has 2 saturated heterocycles. The summed E-state index contributed by atoms with van der Waals surface area (Å²) in [6, 6.07) is 7.98. The fraction of sp³-hybridized carbons (Fsp3) is 0.550. The van der Waals surface area contributed by atoms with E-state index in [1.54, 1.807) is 6.92 Å². The maximum absolute atomic E-state index is 12.6. The van der Waals surface area contributed by atoms with Gasteiger partial charge in [0, 0.05) is 38.3 Å². The number of carbonyl (C=O) groups excluding carboxylic acids is 3. The topological polar surface area (TPSA) is 81.8 Å². The number of hydrogen-bond donors (Lipinski definition) is 2. The number of hydrogen-bond acceptors (Lipinski definition) is 4. The summed E-state index contributed by atoms with van der Waals surface area (Å²) in [6.45, 7) is 6.80. The number of rotatable bonds is 6. The van der Waals surface area contributed by atoms with Crippen LogP contribution in [0, 0.1) is 0 Å². The lowest BCUT2D eigenvalue weighted by atomic mass is 9.96. The molecule has 3 rings (SSSR count). The van der Waals surface area contributed by atoms with Crippen molar-refractivity contribution >= 4 is 23.5 Å². The van der Waals surface area contributed by atoms with E-state index in [1.807, 2.05) is 4.90 Å². The van der Waals surface area contributed by atoms with E-state index in [0.29, 0.717) is 19.5 Å². The lowest BCUT2D eigenvalue weighted by Gasteiger charge is -2.37. The van der Waals surface area contributed by atoms with Gasteiger partial charge in [0.25, 0.3) is 5.91 Å². The van der Waals surface area contributed by atoms with Crippen LogP contribution in [0.2, 0.25) is 0 Å². The number of para-hydroxylation sites is 1. The highest BCUT2D eigenvalue weighted by Crippen LogP contribution is 2.24. The van der Waals surface area contributed by atoms with Crippen LogP contribution < -0.4 is 15.5 Å². The van der Waals surface area contributed by atoms with Gasteiger partial charge < -0.3 is 15.1 Å². The average molecular weight is 372 g/mol. The summed E-state index contributed by atoms with van der Waals surface area (Å²) in [7, 11) is 0. The van der Waals surface area contributed by atoms with E-state index in [2.05, 4.69) is 46.7 Å². The highest BCUT2D eigenvalue weighted by atomic mass is 16.2. The van der Waals surface area contributed by atoms with Crippen molar-refractivity contribution in [3.63, 3.8) is 0 Å². The number of carbonyl (C=O) groups is 3. The molecule has 0 radical (unpaired) electrons. The van der Waals surface area contributed by atoms with Crippen LogP contribution >= 0.6 is 0 Å². The monoisotopic (exact) mass is 372 g/mol. The molecule has 1 unspecified atom stereocenters. The Morgan fingerprint density at radius 3 is 2.48 bits per heavy atom. The van der Waals surface area contributed by atoms with E-state index in [0.717, 1.165) is 25.9 Å². The Labute approximate surface area is 160 Å². The summed E-state index contributed by atoms with van der Waals surface area (Å²) >= 11 is 0. The largest absolute Gasteiger partial charge is 0.368 e. The smallest absolute Gasteiger partial charge is 0.322 e. The Balaban J connectivity index is 1.53. The van der Waals surface area contributed by atoms with Crippen LogP contribution in [-0.2, 0) is 16.0 Å². The fourth-order valence-electron chi connectivity index (χ4n) is 3.77. The molecule has 1 atom stereocenters. The highest BCUT2D eigenvalue weighted by Gasteiger charge is 2.42. The standard InChI is InChI=1S/C20H28N4O3/c1-3-6-15-7-4-5-8-16(15)23-11-13-24(14-12-23)17(25)9-10-20(2)18(26)21-19(27)22-20/h4-5,7-8H,3,6,9-14H2,1-2H3,(H2,21,22,26,27). The minimum absolute atomic E-state index is 0.0340. The van der Waals surface area contributed by atoms with E-state index in [9.17, 15) is 14.4 Å². The number of urea groups is 1. The average Bonchev–Trinajstić information content (AvgIpc) is 2.93. The maximum Gasteiger partial charge on any atom is 0.322 e. The first-order valence-electron chi connectivity index (χ1n) is 9.67. The third-order valence-corrected chi connectivity index (χ3v) is 5.44. The Kier molecular flexibility index (Phi) is 5.68. The molecule has 7 heteroatoms. The number of aryl methyl sites for hydroxylation is 1. The van der Waals surface area contributed by atoms with Crippen molar-refractivity contribution in [2.24, 2.45) is 0 Å². The zero-order valence-electron chi connectivity index (χ0n) is 16.1. The van der Waals surface area contributed by atoms with Crippen LogP contribution in [0.25, 0.3) is 0 Å². The second-order valence-corrected chi connectivity index (χ2v) is 7.49. The van der Waals surface area contributed by atoms with Crippen molar-refractivity contribution in [3.05, 3.63) is 29.8 Å². The summed E-state index contributed by atoms with van der Waals surface area (Å²) in [5.41, 5.74) is 1.63. The Hall–Kier alpha value is -2.57. The molecule has 7 nitrogen and oxygen atoms in total. The molecule has 146 valence electrons. The molecule has 2 aliphatic heterocycles. The number of benzene rings is 1. The maximum atomic E-state index is 12.6. The van der Waals surface area contributed by atoms with Crippen molar-refractivity contribution in [1.29, 1.82) is 0 Å². The summed E-state index contributed by atoms with van der Waals surface area (Å²) in [5, 5.41) is 4.84. The molecular formula is C20H28N4O3. The Morgan fingerprint density at radius 2 is 1.85 bits per heavy atom. The molecule has 4 amide bonds. The Bertz CT molecular complexity index is 728. The molecule has 0 aliphatic carbocycles. The molecule has 0 aromatic heterocycles. The second-order valence-electron chi connectivity index (χ2n) is 7.49. The molecule has 0 spiro atoms. The highest BCUT2D eigenvalue weighted by molar-refractivity contribution is 6.06. The van der Waals surface area contributed by atoms with E-state index < -0.39 is 11.6 Å². The van der Waals surface area contributed by atoms with Crippen LogP contribution in [0.15, 0.2) is 24.3 Å². The number of amides is 4. The summed E-state index contributed by atoms with van der Waals surface area (Å²) in [5.74, 6) is -0.329. The molecule has 2 aliphatic rings. The zero-order chi connectivity index (χ0) is 19.4. The van der Waals surface area contributed by atoms with E-state index in [-0.39, 0.29) is 18.2 Å². The van der Waals surface area contributed by atoms with Crippen molar-refractivity contribution < 1.29 is 14.4 Å². The minimum Gasteiger partial charge on any atom is -0.368 e. The first-order chi connectivity index (χ1) is 12.9. The lowest BCUT2D eigenvalue weighted by molar-refractivity contribution is -0.132. The van der Waals surface area contributed by atoms with Gasteiger partial charge in [-0.25, -0.2) is 4.79 Å². The molecule has 2 fully saturated rings. The van der Waals surface area contributed by atoms with E-state index >= 15 is 0 Å². The van der Waals surface area contributed by atoms with E-state index in [1.165, 1.54) is 11.3 Å². The van der Waals surface area contributed by atoms with Crippen LogP contribution in [0.4, 0.5) is 10.5 Å². The van der Waals surface area contributed by atoms with Crippen molar-refractivity contribution in [1.82, 2.24) is 15.5 Å². The van der Waals surface area contributed by atoms with Gasteiger partial charge in [-0.15, -0.1) is 0 Å². The number of piperazine rings is 1. The van der Waals surface area contributed by atoms with Gasteiger partial charge in [-0.05, 0) is 31.4 Å². The predicted molar refractivity (Wildman–Crippen MR) is 104 cm³/mol.